The minimum atomic E-state index is 0.0901. The van der Waals surface area contributed by atoms with E-state index in [1.165, 1.54) is 0 Å². The van der Waals surface area contributed by atoms with E-state index in [0.717, 1.165) is 11.5 Å². The van der Waals surface area contributed by atoms with Gasteiger partial charge in [0.15, 0.2) is 0 Å². The molecule has 0 fully saturated rings. The van der Waals surface area contributed by atoms with Crippen molar-refractivity contribution in [2.75, 3.05) is 51.1 Å². The van der Waals surface area contributed by atoms with E-state index >= 15 is 0 Å². The van der Waals surface area contributed by atoms with Crippen molar-refractivity contribution >= 4 is 21.6 Å². The maximum atomic E-state index is 8.42. The number of hydrogen-bond donors (Lipinski definition) is 2. The Labute approximate surface area is 92.8 Å². The number of hydrogen-bond acceptors (Lipinski definition) is 6. The van der Waals surface area contributed by atoms with Gasteiger partial charge in [-0.25, -0.2) is 0 Å². The van der Waals surface area contributed by atoms with Crippen molar-refractivity contribution in [2.24, 2.45) is 0 Å². The van der Waals surface area contributed by atoms with Crippen molar-refractivity contribution in [3.05, 3.63) is 0 Å². The molecule has 14 heavy (non-hydrogen) atoms. The standard InChI is InChI=1S/C8H18O4S2/c9-1-3-11-5-7-13-14-8-6-12-4-2-10/h9-10H,1-8H2. The number of aliphatic hydroxyl groups excluding tert-OH is 2. The van der Waals surface area contributed by atoms with Crippen LogP contribution in [-0.2, 0) is 9.47 Å². The van der Waals surface area contributed by atoms with E-state index in [9.17, 15) is 0 Å². The van der Waals surface area contributed by atoms with Crippen molar-refractivity contribution in [1.29, 1.82) is 0 Å². The van der Waals surface area contributed by atoms with Gasteiger partial charge in [0.2, 0.25) is 0 Å². The predicted molar refractivity (Wildman–Crippen MR) is 60.7 cm³/mol. The first kappa shape index (κ1) is 14.5. The van der Waals surface area contributed by atoms with Crippen molar-refractivity contribution in [1.82, 2.24) is 0 Å². The Balaban J connectivity index is 2.78. The fourth-order valence-electron chi connectivity index (χ4n) is 0.637. The molecule has 6 heteroatoms. The fraction of sp³-hybridized carbons (Fsp3) is 1.00. The molecule has 0 saturated carbocycles. The van der Waals surface area contributed by atoms with Crippen LogP contribution in [0.4, 0.5) is 0 Å². The van der Waals surface area contributed by atoms with Crippen molar-refractivity contribution in [2.45, 2.75) is 0 Å². The van der Waals surface area contributed by atoms with E-state index in [-0.39, 0.29) is 13.2 Å². The van der Waals surface area contributed by atoms with Crippen LogP contribution in [0.15, 0.2) is 0 Å². The lowest BCUT2D eigenvalue weighted by molar-refractivity contribution is 0.103. The topological polar surface area (TPSA) is 58.9 Å². The monoisotopic (exact) mass is 242 g/mol. The second-order valence-electron chi connectivity index (χ2n) is 2.32. The maximum Gasteiger partial charge on any atom is 0.0698 e. The molecule has 0 aromatic carbocycles. The van der Waals surface area contributed by atoms with Crippen molar-refractivity contribution in [3.63, 3.8) is 0 Å². The minimum absolute atomic E-state index is 0.0901. The lowest BCUT2D eigenvalue weighted by Gasteiger charge is -2.02. The normalized spacial score (nSPS) is 10.7. The SMILES string of the molecule is OCCOCCSSCCOCCO. The second-order valence-corrected chi connectivity index (χ2v) is 5.02. The summed E-state index contributed by atoms with van der Waals surface area (Å²) in [4.78, 5) is 0. The summed E-state index contributed by atoms with van der Waals surface area (Å²) in [5, 5.41) is 16.8. The molecule has 86 valence electrons. The molecule has 0 heterocycles. The lowest BCUT2D eigenvalue weighted by Crippen LogP contribution is -2.03. The van der Waals surface area contributed by atoms with E-state index in [4.69, 9.17) is 19.7 Å². The first-order valence-electron chi connectivity index (χ1n) is 4.53. The van der Waals surface area contributed by atoms with E-state index in [0.29, 0.717) is 26.4 Å². The predicted octanol–water partition coefficient (Wildman–Crippen LogP) is 0.386. The van der Waals surface area contributed by atoms with Gasteiger partial charge in [0.25, 0.3) is 0 Å². The Bertz CT molecular complexity index is 93.3. The molecule has 4 nitrogen and oxygen atoms in total. The van der Waals surface area contributed by atoms with Gasteiger partial charge >= 0.3 is 0 Å². The summed E-state index contributed by atoms with van der Waals surface area (Å²) in [5.74, 6) is 1.84. The van der Waals surface area contributed by atoms with Crippen LogP contribution in [0.25, 0.3) is 0 Å². The van der Waals surface area contributed by atoms with Crippen LogP contribution >= 0.6 is 21.6 Å². The molecule has 0 atom stereocenters. The highest BCUT2D eigenvalue weighted by Gasteiger charge is 1.92. The Morgan fingerprint density at radius 3 is 1.50 bits per heavy atom. The third-order valence-electron chi connectivity index (χ3n) is 1.18. The van der Waals surface area contributed by atoms with Crippen LogP contribution in [-0.4, -0.2) is 61.4 Å². The first-order chi connectivity index (χ1) is 6.91. The molecule has 0 rings (SSSR count). The van der Waals surface area contributed by atoms with Gasteiger partial charge in [-0.1, -0.05) is 21.6 Å². The highest BCUT2D eigenvalue weighted by molar-refractivity contribution is 8.76. The third-order valence-corrected chi connectivity index (χ3v) is 3.51. The summed E-state index contributed by atoms with van der Waals surface area (Å²) < 4.78 is 10.2. The van der Waals surface area contributed by atoms with Crippen LogP contribution in [0.3, 0.4) is 0 Å². The van der Waals surface area contributed by atoms with Crippen molar-refractivity contribution < 1.29 is 19.7 Å². The molecule has 0 aliphatic carbocycles. The van der Waals surface area contributed by atoms with E-state index in [1.54, 1.807) is 21.6 Å². The molecule has 0 amide bonds. The molecule has 0 aliphatic heterocycles. The van der Waals surface area contributed by atoms with Crippen LogP contribution in [0, 0.1) is 0 Å². The molecular weight excluding hydrogens is 224 g/mol. The average Bonchev–Trinajstić information content (AvgIpc) is 2.21. The number of aliphatic hydroxyl groups is 2. The molecule has 0 unspecified atom stereocenters. The number of rotatable bonds is 11. The van der Waals surface area contributed by atoms with Gasteiger partial charge in [0, 0.05) is 11.5 Å². The van der Waals surface area contributed by atoms with Gasteiger partial charge in [-0.2, -0.15) is 0 Å². The van der Waals surface area contributed by atoms with Gasteiger partial charge in [0.1, 0.15) is 0 Å². The smallest absolute Gasteiger partial charge is 0.0698 e. The summed E-state index contributed by atoms with van der Waals surface area (Å²) >= 11 is 0. The largest absolute Gasteiger partial charge is 0.394 e. The molecule has 0 radical (unpaired) electrons. The number of ether oxygens (including phenoxy) is 2. The van der Waals surface area contributed by atoms with E-state index in [1.807, 2.05) is 0 Å². The summed E-state index contributed by atoms with van der Waals surface area (Å²) in [6.07, 6.45) is 0. The van der Waals surface area contributed by atoms with Gasteiger partial charge < -0.3 is 19.7 Å². The molecule has 0 aromatic rings. The Morgan fingerprint density at radius 1 is 0.714 bits per heavy atom. The third kappa shape index (κ3) is 12.5. The molecule has 0 aromatic heterocycles. The summed E-state index contributed by atoms with van der Waals surface area (Å²) in [6, 6.07) is 0. The van der Waals surface area contributed by atoms with Crippen LogP contribution < -0.4 is 0 Å². The molecule has 0 saturated heterocycles. The second kappa shape index (κ2) is 13.5. The summed E-state index contributed by atoms with van der Waals surface area (Å²) in [6.45, 7) is 2.38. The first-order valence-corrected chi connectivity index (χ1v) is 7.02. The van der Waals surface area contributed by atoms with E-state index in [2.05, 4.69) is 0 Å². The molecule has 0 spiro atoms. The molecule has 0 bridgehead atoms. The van der Waals surface area contributed by atoms with Crippen molar-refractivity contribution in [3.8, 4) is 0 Å². The van der Waals surface area contributed by atoms with Gasteiger partial charge in [0.05, 0.1) is 39.6 Å². The quantitative estimate of drug-likeness (QED) is 0.404. The summed E-state index contributed by atoms with van der Waals surface area (Å²) in [5.41, 5.74) is 0. The van der Waals surface area contributed by atoms with Crippen LogP contribution in [0.1, 0.15) is 0 Å². The highest BCUT2D eigenvalue weighted by atomic mass is 33.1. The Morgan fingerprint density at radius 2 is 1.14 bits per heavy atom. The Hall–Kier alpha value is 0.540. The van der Waals surface area contributed by atoms with E-state index < -0.39 is 0 Å². The summed E-state index contributed by atoms with van der Waals surface area (Å²) in [7, 11) is 3.46. The zero-order valence-corrected chi connectivity index (χ0v) is 9.82. The maximum absolute atomic E-state index is 8.42. The van der Waals surface area contributed by atoms with Gasteiger partial charge in [-0.15, -0.1) is 0 Å². The fourth-order valence-corrected chi connectivity index (χ4v) is 2.36. The minimum Gasteiger partial charge on any atom is -0.394 e. The zero-order chi connectivity index (χ0) is 10.5. The lowest BCUT2D eigenvalue weighted by atomic mass is 10.7. The molecule has 0 aliphatic rings. The highest BCUT2D eigenvalue weighted by Crippen LogP contribution is 2.19. The van der Waals surface area contributed by atoms with Gasteiger partial charge in [-0.05, 0) is 0 Å². The van der Waals surface area contributed by atoms with Crippen LogP contribution in [0.5, 0.6) is 0 Å². The molecular formula is C8H18O4S2. The average molecular weight is 242 g/mol. The van der Waals surface area contributed by atoms with Gasteiger partial charge in [-0.3, -0.25) is 0 Å². The zero-order valence-electron chi connectivity index (χ0n) is 8.18. The molecule has 2 N–H and O–H groups in total. The van der Waals surface area contributed by atoms with Crippen LogP contribution in [0.2, 0.25) is 0 Å². The Kier molecular flexibility index (Phi) is 14.1.